The molecule has 0 aromatic heterocycles. The molecular weight excluding hydrogens is 239 g/mol. The first-order chi connectivity index (χ1) is 8.48. The molecule has 94 valence electrons. The number of hydrogen-bond donors (Lipinski definition) is 1. The molecule has 0 aliphatic rings. The van der Waals surface area contributed by atoms with Crippen molar-refractivity contribution in [2.24, 2.45) is 0 Å². The van der Waals surface area contributed by atoms with Crippen LogP contribution < -0.4 is 5.73 Å². The minimum Gasteiger partial charge on any atom is -0.398 e. The van der Waals surface area contributed by atoms with E-state index < -0.39 is 11.7 Å². The smallest absolute Gasteiger partial charge is 0.398 e. The second kappa shape index (κ2) is 4.72. The van der Waals surface area contributed by atoms with Crippen LogP contribution in [0.3, 0.4) is 0 Å². The Morgan fingerprint density at radius 2 is 1.56 bits per heavy atom. The highest BCUT2D eigenvalue weighted by Crippen LogP contribution is 2.35. The molecule has 0 bridgehead atoms. The number of rotatable bonds is 2. The van der Waals surface area contributed by atoms with E-state index >= 15 is 0 Å². The zero-order valence-electron chi connectivity index (χ0n) is 9.54. The van der Waals surface area contributed by atoms with Crippen molar-refractivity contribution in [1.29, 1.82) is 0 Å². The summed E-state index contributed by atoms with van der Waals surface area (Å²) >= 11 is 0. The zero-order chi connectivity index (χ0) is 13.2. The van der Waals surface area contributed by atoms with Gasteiger partial charge in [0.25, 0.3) is 0 Å². The van der Waals surface area contributed by atoms with Crippen LogP contribution in [-0.4, -0.2) is 0 Å². The van der Waals surface area contributed by atoms with Gasteiger partial charge in [-0.2, -0.15) is 13.2 Å². The maximum absolute atomic E-state index is 12.9. The fourth-order valence-corrected chi connectivity index (χ4v) is 1.87. The molecule has 2 rings (SSSR count). The standard InChI is InChI=1S/C14H12F3N/c15-14(16,17)12-7-4-8-13(18)11(12)9-10-5-2-1-3-6-10/h1-8H,9,18H2. The monoisotopic (exact) mass is 251 g/mol. The molecule has 0 heterocycles. The Morgan fingerprint density at radius 1 is 0.889 bits per heavy atom. The van der Waals surface area contributed by atoms with Crippen molar-refractivity contribution in [2.45, 2.75) is 12.6 Å². The molecule has 0 atom stereocenters. The summed E-state index contributed by atoms with van der Waals surface area (Å²) < 4.78 is 38.6. The van der Waals surface area contributed by atoms with Gasteiger partial charge in [-0.05, 0) is 23.3 Å². The molecule has 0 amide bonds. The maximum Gasteiger partial charge on any atom is 0.416 e. The molecular formula is C14H12F3N. The summed E-state index contributed by atoms with van der Waals surface area (Å²) in [4.78, 5) is 0. The van der Waals surface area contributed by atoms with Crippen molar-refractivity contribution in [3.05, 3.63) is 65.2 Å². The van der Waals surface area contributed by atoms with Gasteiger partial charge in [0.1, 0.15) is 0 Å². The molecule has 0 saturated heterocycles. The lowest BCUT2D eigenvalue weighted by Gasteiger charge is -2.15. The molecule has 2 aromatic rings. The Morgan fingerprint density at radius 3 is 2.17 bits per heavy atom. The minimum atomic E-state index is -4.38. The molecule has 0 aliphatic carbocycles. The second-order valence-electron chi connectivity index (χ2n) is 4.03. The van der Waals surface area contributed by atoms with E-state index in [2.05, 4.69) is 0 Å². The van der Waals surface area contributed by atoms with Crippen LogP contribution in [0.4, 0.5) is 18.9 Å². The first kappa shape index (κ1) is 12.5. The summed E-state index contributed by atoms with van der Waals surface area (Å²) in [6.45, 7) is 0. The van der Waals surface area contributed by atoms with Gasteiger partial charge in [0.05, 0.1) is 5.56 Å². The van der Waals surface area contributed by atoms with Crippen LogP contribution in [0.1, 0.15) is 16.7 Å². The van der Waals surface area contributed by atoms with E-state index in [1.165, 1.54) is 12.1 Å². The van der Waals surface area contributed by atoms with Crippen LogP contribution in [0.2, 0.25) is 0 Å². The van der Waals surface area contributed by atoms with Crippen molar-refractivity contribution < 1.29 is 13.2 Å². The molecule has 0 spiro atoms. The molecule has 2 aromatic carbocycles. The number of nitrogens with two attached hydrogens (primary N) is 1. The summed E-state index contributed by atoms with van der Waals surface area (Å²) in [6.07, 6.45) is -4.19. The molecule has 1 nitrogen and oxygen atoms in total. The molecule has 0 aliphatic heterocycles. The lowest BCUT2D eigenvalue weighted by Crippen LogP contribution is -2.11. The Labute approximate surface area is 103 Å². The van der Waals surface area contributed by atoms with Crippen LogP contribution in [0.5, 0.6) is 0 Å². The van der Waals surface area contributed by atoms with E-state index in [1.807, 2.05) is 6.07 Å². The van der Waals surface area contributed by atoms with E-state index in [4.69, 9.17) is 5.73 Å². The number of anilines is 1. The molecule has 0 fully saturated rings. The number of nitrogen functional groups attached to an aromatic ring is 1. The Hall–Kier alpha value is -1.97. The summed E-state index contributed by atoms with van der Waals surface area (Å²) in [6, 6.07) is 12.9. The molecule has 4 heteroatoms. The van der Waals surface area contributed by atoms with Crippen LogP contribution in [-0.2, 0) is 12.6 Å². The van der Waals surface area contributed by atoms with Gasteiger partial charge >= 0.3 is 6.18 Å². The molecule has 0 unspecified atom stereocenters. The molecule has 0 saturated carbocycles. The van der Waals surface area contributed by atoms with Crippen LogP contribution in [0.25, 0.3) is 0 Å². The summed E-state index contributed by atoms with van der Waals surface area (Å²) in [5, 5.41) is 0. The van der Waals surface area contributed by atoms with E-state index in [0.29, 0.717) is 0 Å². The SMILES string of the molecule is Nc1cccc(C(F)(F)F)c1Cc1ccccc1. The van der Waals surface area contributed by atoms with Crippen molar-refractivity contribution in [3.63, 3.8) is 0 Å². The van der Waals surface area contributed by atoms with Crippen molar-refractivity contribution in [2.75, 3.05) is 5.73 Å². The maximum atomic E-state index is 12.9. The average molecular weight is 251 g/mol. The summed E-state index contributed by atoms with van der Waals surface area (Å²) in [5.74, 6) is 0. The zero-order valence-corrected chi connectivity index (χ0v) is 9.54. The first-order valence-corrected chi connectivity index (χ1v) is 5.47. The lowest BCUT2D eigenvalue weighted by molar-refractivity contribution is -0.138. The average Bonchev–Trinajstić information content (AvgIpc) is 2.32. The molecule has 0 radical (unpaired) electrons. The number of alkyl halides is 3. The Bertz CT molecular complexity index is 532. The number of benzene rings is 2. The van der Waals surface area contributed by atoms with E-state index in [-0.39, 0.29) is 17.7 Å². The van der Waals surface area contributed by atoms with Gasteiger partial charge in [0.2, 0.25) is 0 Å². The van der Waals surface area contributed by atoms with Gasteiger partial charge in [0, 0.05) is 12.1 Å². The van der Waals surface area contributed by atoms with Crippen LogP contribution in [0, 0.1) is 0 Å². The van der Waals surface area contributed by atoms with E-state index in [0.717, 1.165) is 11.6 Å². The van der Waals surface area contributed by atoms with E-state index in [9.17, 15) is 13.2 Å². The van der Waals surface area contributed by atoms with Crippen molar-refractivity contribution in [3.8, 4) is 0 Å². The first-order valence-electron chi connectivity index (χ1n) is 5.47. The molecule has 2 N–H and O–H groups in total. The summed E-state index contributed by atoms with van der Waals surface area (Å²) in [5.41, 5.74) is 6.12. The van der Waals surface area contributed by atoms with Crippen LogP contribution >= 0.6 is 0 Å². The van der Waals surface area contributed by atoms with Gasteiger partial charge in [-0.15, -0.1) is 0 Å². The summed E-state index contributed by atoms with van der Waals surface area (Å²) in [7, 11) is 0. The normalized spacial score (nSPS) is 11.5. The predicted molar refractivity (Wildman–Crippen MR) is 65.1 cm³/mol. The second-order valence-corrected chi connectivity index (χ2v) is 4.03. The van der Waals surface area contributed by atoms with Gasteiger partial charge in [-0.25, -0.2) is 0 Å². The Kier molecular flexibility index (Phi) is 3.28. The van der Waals surface area contributed by atoms with Gasteiger partial charge < -0.3 is 5.73 Å². The van der Waals surface area contributed by atoms with Gasteiger partial charge in [-0.3, -0.25) is 0 Å². The topological polar surface area (TPSA) is 26.0 Å². The van der Waals surface area contributed by atoms with Crippen molar-refractivity contribution >= 4 is 5.69 Å². The van der Waals surface area contributed by atoms with Gasteiger partial charge in [0.15, 0.2) is 0 Å². The highest BCUT2D eigenvalue weighted by Gasteiger charge is 2.33. The fourth-order valence-electron chi connectivity index (χ4n) is 1.87. The number of hydrogen-bond acceptors (Lipinski definition) is 1. The largest absolute Gasteiger partial charge is 0.416 e. The third kappa shape index (κ3) is 2.64. The highest BCUT2D eigenvalue weighted by atomic mass is 19.4. The highest BCUT2D eigenvalue weighted by molar-refractivity contribution is 5.53. The van der Waals surface area contributed by atoms with Gasteiger partial charge in [-0.1, -0.05) is 36.4 Å². The lowest BCUT2D eigenvalue weighted by atomic mass is 9.98. The van der Waals surface area contributed by atoms with Crippen molar-refractivity contribution in [1.82, 2.24) is 0 Å². The third-order valence-electron chi connectivity index (χ3n) is 2.74. The van der Waals surface area contributed by atoms with E-state index in [1.54, 1.807) is 24.3 Å². The molecule has 18 heavy (non-hydrogen) atoms. The fraction of sp³-hybridized carbons (Fsp3) is 0.143. The predicted octanol–water partition coefficient (Wildman–Crippen LogP) is 3.88. The Balaban J connectivity index is 2.44. The third-order valence-corrected chi connectivity index (χ3v) is 2.74. The number of halogens is 3. The quantitative estimate of drug-likeness (QED) is 0.805. The van der Waals surface area contributed by atoms with Crippen LogP contribution in [0.15, 0.2) is 48.5 Å². The minimum absolute atomic E-state index is 0.135.